The number of ether oxygens (including phenoxy) is 1. The van der Waals surface area contributed by atoms with E-state index in [2.05, 4.69) is 25.0 Å². The molecule has 0 aliphatic carbocycles. The Morgan fingerprint density at radius 2 is 2.22 bits per heavy atom. The van der Waals surface area contributed by atoms with Gasteiger partial charge in [0.15, 0.2) is 5.69 Å². The molecule has 0 fully saturated rings. The molecule has 1 amide bonds. The highest BCUT2D eigenvalue weighted by Gasteiger charge is 2.23. The van der Waals surface area contributed by atoms with Crippen molar-refractivity contribution in [3.63, 3.8) is 0 Å². The van der Waals surface area contributed by atoms with Crippen LogP contribution in [0.4, 0.5) is 11.6 Å². The van der Waals surface area contributed by atoms with Gasteiger partial charge in [0.2, 0.25) is 11.7 Å². The van der Waals surface area contributed by atoms with Crippen LogP contribution in [0, 0.1) is 6.92 Å². The molecule has 3 heterocycles. The molecule has 3 rings (SSSR count). The molecule has 0 aliphatic rings. The molecule has 1 N–H and O–H groups in total. The predicted molar refractivity (Wildman–Crippen MR) is 99.4 cm³/mol. The van der Waals surface area contributed by atoms with Crippen molar-refractivity contribution in [2.24, 2.45) is 7.05 Å². The molecule has 3 aromatic heterocycles. The van der Waals surface area contributed by atoms with Crippen LogP contribution in [0.2, 0.25) is 0 Å². The van der Waals surface area contributed by atoms with Crippen LogP contribution >= 0.6 is 11.3 Å². The van der Waals surface area contributed by atoms with E-state index in [9.17, 15) is 9.59 Å². The van der Waals surface area contributed by atoms with Gasteiger partial charge in [0.05, 0.1) is 19.9 Å². The zero-order valence-electron chi connectivity index (χ0n) is 15.2. The first-order valence-electron chi connectivity index (χ1n) is 7.88. The van der Waals surface area contributed by atoms with Crippen molar-refractivity contribution < 1.29 is 14.1 Å². The maximum Gasteiger partial charge on any atom is 0.297 e. The smallest absolute Gasteiger partial charge is 0.297 e. The lowest BCUT2D eigenvalue weighted by Gasteiger charge is -2.21. The number of rotatable bonds is 6. The number of nitrogens with one attached hydrogen (secondary N) is 1. The molecule has 3 aromatic rings. The summed E-state index contributed by atoms with van der Waals surface area (Å²) in [6.07, 6.45) is 2.60. The topological polar surface area (TPSA) is 115 Å². The largest absolute Gasteiger partial charge is 0.489 e. The third kappa shape index (κ3) is 3.82. The maximum atomic E-state index is 12.7. The monoisotopic (exact) mass is 390 g/mol. The molecule has 0 atom stereocenters. The summed E-state index contributed by atoms with van der Waals surface area (Å²) in [5.74, 6) is -0.440. The average molecular weight is 390 g/mol. The van der Waals surface area contributed by atoms with Gasteiger partial charge in [-0.15, -0.1) is 11.3 Å². The van der Waals surface area contributed by atoms with Crippen LogP contribution in [-0.2, 0) is 13.6 Å². The molecule has 0 spiro atoms. The number of carbonyl (C=O) groups excluding carboxylic acids is 1. The molecule has 0 saturated carbocycles. The Hall–Kier alpha value is -3.21. The fraction of sp³-hybridized carbons (Fsp3) is 0.312. The Bertz CT molecular complexity index is 1010. The second-order valence-electron chi connectivity index (χ2n) is 5.76. The zero-order chi connectivity index (χ0) is 19.6. The fourth-order valence-corrected chi connectivity index (χ4v) is 3.28. The first kappa shape index (κ1) is 18.6. The molecular formula is C16H18N6O4S. The summed E-state index contributed by atoms with van der Waals surface area (Å²) in [6.45, 7) is 2.35. The van der Waals surface area contributed by atoms with Gasteiger partial charge >= 0.3 is 0 Å². The highest BCUT2D eigenvalue weighted by molar-refractivity contribution is 7.09. The quantitative estimate of drug-likeness (QED) is 0.672. The van der Waals surface area contributed by atoms with Gasteiger partial charge in [-0.05, 0) is 6.92 Å². The van der Waals surface area contributed by atoms with Gasteiger partial charge in [-0.1, -0.05) is 5.16 Å². The first-order chi connectivity index (χ1) is 12.9. The minimum atomic E-state index is -0.604. The second kappa shape index (κ2) is 7.58. The van der Waals surface area contributed by atoms with Crippen LogP contribution in [0.15, 0.2) is 27.2 Å². The van der Waals surface area contributed by atoms with Crippen LogP contribution < -0.4 is 20.5 Å². The summed E-state index contributed by atoms with van der Waals surface area (Å²) >= 11 is 1.51. The van der Waals surface area contributed by atoms with Crippen LogP contribution in [0.1, 0.15) is 21.2 Å². The van der Waals surface area contributed by atoms with Crippen molar-refractivity contribution >= 4 is 28.9 Å². The zero-order valence-corrected chi connectivity index (χ0v) is 16.0. The van der Waals surface area contributed by atoms with Gasteiger partial charge in [0.1, 0.15) is 17.0 Å². The minimum absolute atomic E-state index is 0.126. The number of hydrogen-bond acceptors (Lipinski definition) is 9. The Morgan fingerprint density at radius 3 is 2.81 bits per heavy atom. The summed E-state index contributed by atoms with van der Waals surface area (Å²) in [6, 6.07) is 0. The van der Waals surface area contributed by atoms with Crippen molar-refractivity contribution in [1.29, 1.82) is 0 Å². The normalized spacial score (nSPS) is 10.7. The van der Waals surface area contributed by atoms with Crippen LogP contribution in [0.5, 0.6) is 5.75 Å². The minimum Gasteiger partial charge on any atom is -0.489 e. The summed E-state index contributed by atoms with van der Waals surface area (Å²) in [7, 11) is 4.65. The average Bonchev–Trinajstić information content (AvgIpc) is 3.28. The molecular weight excluding hydrogens is 372 g/mol. The molecule has 27 heavy (non-hydrogen) atoms. The van der Waals surface area contributed by atoms with E-state index in [1.807, 2.05) is 12.3 Å². The number of thiazole rings is 1. The van der Waals surface area contributed by atoms with E-state index in [4.69, 9.17) is 4.74 Å². The third-order valence-electron chi connectivity index (χ3n) is 3.72. The SMILES string of the molecule is COc1c(C(=O)Nc2cnoc2)nc(N(C)Cc2nc(C)cs2)n(C)c1=O. The van der Waals surface area contributed by atoms with Gasteiger partial charge < -0.3 is 19.5 Å². The summed E-state index contributed by atoms with van der Waals surface area (Å²) < 4.78 is 11.1. The molecule has 0 radical (unpaired) electrons. The predicted octanol–water partition coefficient (Wildman–Crippen LogP) is 1.43. The van der Waals surface area contributed by atoms with Gasteiger partial charge in [-0.2, -0.15) is 0 Å². The summed E-state index contributed by atoms with van der Waals surface area (Å²) in [5, 5.41) is 8.90. The lowest BCUT2D eigenvalue weighted by Crippen LogP contribution is -2.32. The van der Waals surface area contributed by atoms with Crippen LogP contribution in [0.25, 0.3) is 0 Å². The van der Waals surface area contributed by atoms with E-state index in [0.29, 0.717) is 18.2 Å². The molecule has 11 heteroatoms. The van der Waals surface area contributed by atoms with Gasteiger partial charge in [0.25, 0.3) is 11.5 Å². The lowest BCUT2D eigenvalue weighted by atomic mass is 10.3. The van der Waals surface area contributed by atoms with E-state index >= 15 is 0 Å². The van der Waals surface area contributed by atoms with E-state index in [0.717, 1.165) is 10.7 Å². The Kier molecular flexibility index (Phi) is 5.21. The van der Waals surface area contributed by atoms with E-state index in [-0.39, 0.29) is 11.4 Å². The summed E-state index contributed by atoms with van der Waals surface area (Å²) in [4.78, 5) is 35.8. The van der Waals surface area contributed by atoms with Gasteiger partial charge in [0, 0.05) is 25.2 Å². The number of amides is 1. The van der Waals surface area contributed by atoms with Gasteiger partial charge in [-0.3, -0.25) is 14.2 Å². The van der Waals surface area contributed by atoms with Crippen molar-refractivity contribution in [1.82, 2.24) is 19.7 Å². The third-order valence-corrected chi connectivity index (χ3v) is 4.67. The standard InChI is InChI=1S/C16H18N6O4S/c1-9-8-27-11(18-9)6-21(2)16-20-12(13(25-4)15(24)22(16)3)14(23)19-10-5-17-26-7-10/h5,7-8H,6H2,1-4H3,(H,19,23). The van der Waals surface area contributed by atoms with Crippen molar-refractivity contribution in [3.8, 4) is 5.75 Å². The maximum absolute atomic E-state index is 12.7. The number of aryl methyl sites for hydroxylation is 1. The van der Waals surface area contributed by atoms with Crippen molar-refractivity contribution in [2.45, 2.75) is 13.5 Å². The molecule has 0 saturated heterocycles. The molecule has 0 bridgehead atoms. The number of aromatic nitrogens is 4. The highest BCUT2D eigenvalue weighted by atomic mass is 32.1. The fourth-order valence-electron chi connectivity index (χ4n) is 2.46. The van der Waals surface area contributed by atoms with E-state index in [1.165, 1.54) is 35.5 Å². The van der Waals surface area contributed by atoms with Crippen molar-refractivity contribution in [3.05, 3.63) is 44.6 Å². The number of anilines is 2. The summed E-state index contributed by atoms with van der Waals surface area (Å²) in [5.41, 5.74) is 0.672. The first-order valence-corrected chi connectivity index (χ1v) is 8.76. The number of methoxy groups -OCH3 is 1. The highest BCUT2D eigenvalue weighted by Crippen LogP contribution is 2.20. The van der Waals surface area contributed by atoms with Crippen LogP contribution in [0.3, 0.4) is 0 Å². The number of carbonyl (C=O) groups is 1. The van der Waals surface area contributed by atoms with E-state index < -0.39 is 11.5 Å². The Balaban J connectivity index is 1.97. The van der Waals surface area contributed by atoms with Gasteiger partial charge in [-0.25, -0.2) is 9.97 Å². The molecule has 0 aromatic carbocycles. The van der Waals surface area contributed by atoms with Crippen LogP contribution in [-0.4, -0.2) is 39.8 Å². The molecule has 0 unspecified atom stereocenters. The Morgan fingerprint density at radius 1 is 1.44 bits per heavy atom. The number of hydrogen-bond donors (Lipinski definition) is 1. The molecule has 10 nitrogen and oxygen atoms in total. The Labute approximate surface area is 158 Å². The number of nitrogens with zero attached hydrogens (tertiary/aromatic N) is 5. The molecule has 0 aliphatic heterocycles. The second-order valence-corrected chi connectivity index (χ2v) is 6.71. The van der Waals surface area contributed by atoms with Crippen molar-refractivity contribution in [2.75, 3.05) is 24.4 Å². The molecule has 142 valence electrons. The van der Waals surface area contributed by atoms with E-state index in [1.54, 1.807) is 19.0 Å². The lowest BCUT2D eigenvalue weighted by molar-refractivity contribution is 0.101.